The van der Waals surface area contributed by atoms with Crippen LogP contribution in [-0.2, 0) is 6.18 Å². The third-order valence-corrected chi connectivity index (χ3v) is 2.49. The van der Waals surface area contributed by atoms with E-state index in [1.165, 1.54) is 12.4 Å². The summed E-state index contributed by atoms with van der Waals surface area (Å²) in [5.74, 6) is 0. The summed E-state index contributed by atoms with van der Waals surface area (Å²) in [7, 11) is 0. The van der Waals surface area contributed by atoms with E-state index < -0.39 is 11.7 Å². The lowest BCUT2D eigenvalue weighted by Crippen LogP contribution is -2.09. The third kappa shape index (κ3) is 1.57. The van der Waals surface area contributed by atoms with Gasteiger partial charge in [0, 0.05) is 0 Å². The molecule has 0 bridgehead atoms. The van der Waals surface area contributed by atoms with Crippen LogP contribution in [0, 0.1) is 0 Å². The largest absolute Gasteiger partial charge is 0.418 e. The first-order chi connectivity index (χ1) is 6.59. The van der Waals surface area contributed by atoms with Gasteiger partial charge in [-0.05, 0) is 24.1 Å². The molecule has 1 aromatic rings. The number of nitrogens with one attached hydrogen (secondary N) is 1. The quantitative estimate of drug-likeness (QED) is 0.677. The molecule has 1 aliphatic heterocycles. The van der Waals surface area contributed by atoms with Crippen LogP contribution in [0.1, 0.15) is 5.56 Å². The highest BCUT2D eigenvalue weighted by molar-refractivity contribution is 7.98. The van der Waals surface area contributed by atoms with E-state index in [-0.39, 0.29) is 5.69 Å². The zero-order valence-corrected chi connectivity index (χ0v) is 7.62. The molecule has 6 heteroatoms. The van der Waals surface area contributed by atoms with E-state index in [1.54, 1.807) is 6.07 Å². The first kappa shape index (κ1) is 9.39. The van der Waals surface area contributed by atoms with Gasteiger partial charge in [0.2, 0.25) is 0 Å². The van der Waals surface area contributed by atoms with Crippen LogP contribution < -0.4 is 4.72 Å². The van der Waals surface area contributed by atoms with Gasteiger partial charge in [-0.15, -0.1) is 0 Å². The molecule has 0 atom stereocenters. The molecule has 1 N–H and O–H groups in total. The average molecular weight is 218 g/mol. The molecule has 0 radical (unpaired) electrons. The maximum Gasteiger partial charge on any atom is 0.418 e. The van der Waals surface area contributed by atoms with Crippen molar-refractivity contribution in [1.82, 2.24) is 4.72 Å². The first-order valence-corrected chi connectivity index (χ1v) is 4.56. The van der Waals surface area contributed by atoms with Gasteiger partial charge in [0.05, 0.1) is 22.5 Å². The number of para-hydroxylation sites is 1. The van der Waals surface area contributed by atoms with Crippen molar-refractivity contribution in [3.63, 3.8) is 0 Å². The molecule has 2 nitrogen and oxygen atoms in total. The van der Waals surface area contributed by atoms with Crippen molar-refractivity contribution in [2.75, 3.05) is 0 Å². The van der Waals surface area contributed by atoms with E-state index >= 15 is 0 Å². The summed E-state index contributed by atoms with van der Waals surface area (Å²) in [6, 6.07) is 4.00. The van der Waals surface area contributed by atoms with Crippen molar-refractivity contribution < 1.29 is 13.2 Å². The zero-order chi connectivity index (χ0) is 10.2. The Bertz CT molecular complexity index is 387. The van der Waals surface area contributed by atoms with Crippen molar-refractivity contribution in [3.05, 3.63) is 23.8 Å². The number of alkyl halides is 3. The second kappa shape index (κ2) is 3.20. The average Bonchev–Trinajstić information content (AvgIpc) is 2.15. The predicted octanol–water partition coefficient (Wildman–Crippen LogP) is 2.98. The molecule has 14 heavy (non-hydrogen) atoms. The van der Waals surface area contributed by atoms with Gasteiger partial charge in [-0.1, -0.05) is 6.07 Å². The number of fused-ring (bicyclic) bond motifs is 1. The molecule has 1 aromatic carbocycles. The van der Waals surface area contributed by atoms with Gasteiger partial charge in [0.1, 0.15) is 0 Å². The topological polar surface area (TPSA) is 24.4 Å². The van der Waals surface area contributed by atoms with E-state index in [9.17, 15) is 13.2 Å². The molecular weight excluding hydrogens is 213 g/mol. The molecule has 0 unspecified atom stereocenters. The fraction of sp³-hybridized carbons (Fsp3) is 0.125. The van der Waals surface area contributed by atoms with Crippen molar-refractivity contribution in [1.29, 1.82) is 0 Å². The van der Waals surface area contributed by atoms with E-state index in [2.05, 4.69) is 9.71 Å². The highest BCUT2D eigenvalue weighted by atomic mass is 32.2. The zero-order valence-electron chi connectivity index (χ0n) is 6.80. The second-order valence-electron chi connectivity index (χ2n) is 2.63. The third-order valence-electron chi connectivity index (χ3n) is 1.72. The Balaban J connectivity index is 2.58. The molecule has 0 spiro atoms. The van der Waals surface area contributed by atoms with Gasteiger partial charge >= 0.3 is 6.18 Å². The monoisotopic (exact) mass is 218 g/mol. The van der Waals surface area contributed by atoms with Gasteiger partial charge < -0.3 is 4.72 Å². The van der Waals surface area contributed by atoms with Crippen molar-refractivity contribution in [2.24, 2.45) is 4.99 Å². The van der Waals surface area contributed by atoms with Crippen LogP contribution in [0.15, 0.2) is 28.1 Å². The summed E-state index contributed by atoms with van der Waals surface area (Å²) >= 11 is 1.12. The lowest BCUT2D eigenvalue weighted by Gasteiger charge is -2.15. The summed E-state index contributed by atoms with van der Waals surface area (Å²) < 4.78 is 40.1. The van der Waals surface area contributed by atoms with Crippen molar-refractivity contribution >= 4 is 24.0 Å². The number of rotatable bonds is 0. The number of halogens is 3. The van der Waals surface area contributed by atoms with Gasteiger partial charge in [-0.25, -0.2) is 4.99 Å². The highest BCUT2D eigenvalue weighted by Crippen LogP contribution is 2.41. The Labute approximate surface area is 82.4 Å². The van der Waals surface area contributed by atoms with Crippen LogP contribution in [0.3, 0.4) is 0 Å². The fourth-order valence-corrected chi connectivity index (χ4v) is 1.79. The molecule has 74 valence electrons. The van der Waals surface area contributed by atoms with Gasteiger partial charge in [-0.2, -0.15) is 13.2 Å². The lowest BCUT2D eigenvalue weighted by atomic mass is 10.2. The summed E-state index contributed by atoms with van der Waals surface area (Å²) in [6.07, 6.45) is -3.09. The lowest BCUT2D eigenvalue weighted by molar-refractivity contribution is -0.137. The summed E-state index contributed by atoms with van der Waals surface area (Å²) in [6.45, 7) is 0. The van der Waals surface area contributed by atoms with Crippen LogP contribution in [-0.4, -0.2) is 6.34 Å². The van der Waals surface area contributed by atoms with Crippen molar-refractivity contribution in [2.45, 2.75) is 11.1 Å². The minimum Gasteiger partial charge on any atom is -0.316 e. The van der Waals surface area contributed by atoms with Crippen LogP contribution in [0.25, 0.3) is 0 Å². The van der Waals surface area contributed by atoms with E-state index in [1.807, 2.05) is 0 Å². The van der Waals surface area contributed by atoms with Crippen LogP contribution in [0.5, 0.6) is 0 Å². The number of hydrogen-bond donors (Lipinski definition) is 1. The number of aliphatic imine (C=N–C) groups is 1. The molecule has 0 saturated heterocycles. The van der Waals surface area contributed by atoms with Crippen molar-refractivity contribution in [3.8, 4) is 0 Å². The predicted molar refractivity (Wildman–Crippen MR) is 48.6 cm³/mol. The molecule has 1 heterocycles. The fourth-order valence-electron chi connectivity index (χ4n) is 1.15. The van der Waals surface area contributed by atoms with E-state index in [4.69, 9.17) is 0 Å². The van der Waals surface area contributed by atoms with Gasteiger partial charge in [0.25, 0.3) is 0 Å². The molecular formula is C8H5F3N2S. The highest BCUT2D eigenvalue weighted by Gasteiger charge is 2.34. The molecule has 0 fully saturated rings. The first-order valence-electron chi connectivity index (χ1n) is 3.74. The maximum atomic E-state index is 12.5. The smallest absolute Gasteiger partial charge is 0.316 e. The minimum absolute atomic E-state index is 0.0104. The summed E-state index contributed by atoms with van der Waals surface area (Å²) in [5.41, 5.74) is -0.705. The molecule has 0 aromatic heterocycles. The Kier molecular flexibility index (Phi) is 2.14. The minimum atomic E-state index is -4.35. The Morgan fingerprint density at radius 3 is 2.79 bits per heavy atom. The van der Waals surface area contributed by atoms with Crippen LogP contribution in [0.2, 0.25) is 0 Å². The standard InChI is InChI=1S/C8H5F3N2S/c9-8(10,11)5-2-1-3-6-7(5)12-4-13-14-6/h1-4H,(H,12,13). The molecule has 0 aliphatic carbocycles. The van der Waals surface area contributed by atoms with E-state index in [0.717, 1.165) is 18.0 Å². The summed E-state index contributed by atoms with van der Waals surface area (Å²) in [4.78, 5) is 4.17. The van der Waals surface area contributed by atoms with Crippen LogP contribution >= 0.6 is 11.9 Å². The van der Waals surface area contributed by atoms with Gasteiger partial charge in [0.15, 0.2) is 0 Å². The Morgan fingerprint density at radius 2 is 2.07 bits per heavy atom. The van der Waals surface area contributed by atoms with E-state index in [0.29, 0.717) is 4.90 Å². The van der Waals surface area contributed by atoms with Crippen LogP contribution in [0.4, 0.5) is 18.9 Å². The number of hydrogen-bond acceptors (Lipinski definition) is 3. The second-order valence-corrected chi connectivity index (χ2v) is 3.51. The Morgan fingerprint density at radius 1 is 1.29 bits per heavy atom. The number of nitrogens with zero attached hydrogens (tertiary/aromatic N) is 1. The number of benzene rings is 1. The van der Waals surface area contributed by atoms with Gasteiger partial charge in [-0.3, -0.25) is 0 Å². The molecule has 1 aliphatic rings. The molecule has 0 saturated carbocycles. The molecule has 0 amide bonds. The normalized spacial score (nSPS) is 14.8. The maximum absolute atomic E-state index is 12.5. The summed E-state index contributed by atoms with van der Waals surface area (Å²) in [5, 5.41) is 0. The Hall–Kier alpha value is -1.17. The SMILES string of the molecule is FC(F)(F)c1cccc2c1N=CNS2. The molecule has 2 rings (SSSR count).